The van der Waals surface area contributed by atoms with Gasteiger partial charge in [0.15, 0.2) is 0 Å². The highest BCUT2D eigenvalue weighted by Gasteiger charge is 2.54. The summed E-state index contributed by atoms with van der Waals surface area (Å²) in [6.07, 6.45) is 2.19. The minimum Gasteiger partial charge on any atom is -0.390 e. The molecule has 0 amide bonds. The van der Waals surface area contributed by atoms with Crippen molar-refractivity contribution in [1.29, 1.82) is 0 Å². The smallest absolute Gasteiger partial charge is 0.0933 e. The Labute approximate surface area is 65.7 Å². The fraction of sp³-hybridized carbons (Fsp3) is 1.00. The summed E-state index contributed by atoms with van der Waals surface area (Å²) < 4.78 is 0. The molecule has 2 saturated carbocycles. The Bertz CT molecular complexity index is 182. The Hall–Kier alpha value is -0.120. The average molecular weight is 158 g/mol. The van der Waals surface area contributed by atoms with Gasteiger partial charge in [0.2, 0.25) is 0 Å². The SMILES string of the molecule is O[C@H]1C[C@]2(O)CCC[C@@]1(O)C2. The van der Waals surface area contributed by atoms with Crippen LogP contribution in [0.2, 0.25) is 0 Å². The largest absolute Gasteiger partial charge is 0.390 e. The standard InChI is InChI=1S/C8H14O3/c9-6-4-7(10)2-1-3-8(6,11)5-7/h6,9-11H,1-5H2/t6-,7+,8+/m0/s1. The van der Waals surface area contributed by atoms with Crippen molar-refractivity contribution in [2.24, 2.45) is 0 Å². The van der Waals surface area contributed by atoms with E-state index in [1.807, 2.05) is 0 Å². The Balaban J connectivity index is 2.26. The zero-order valence-corrected chi connectivity index (χ0v) is 6.45. The van der Waals surface area contributed by atoms with Crippen LogP contribution in [0.1, 0.15) is 32.1 Å². The van der Waals surface area contributed by atoms with E-state index in [1.54, 1.807) is 0 Å². The van der Waals surface area contributed by atoms with Crippen molar-refractivity contribution in [2.75, 3.05) is 0 Å². The molecule has 0 heterocycles. The molecule has 3 atom stereocenters. The number of rotatable bonds is 0. The molecule has 11 heavy (non-hydrogen) atoms. The monoisotopic (exact) mass is 158 g/mol. The van der Waals surface area contributed by atoms with Crippen LogP contribution in [0.5, 0.6) is 0 Å². The molecule has 0 aromatic carbocycles. The van der Waals surface area contributed by atoms with E-state index in [9.17, 15) is 15.3 Å². The van der Waals surface area contributed by atoms with E-state index in [2.05, 4.69) is 0 Å². The number of aliphatic hydroxyl groups is 3. The zero-order valence-electron chi connectivity index (χ0n) is 6.45. The van der Waals surface area contributed by atoms with Crippen LogP contribution in [-0.4, -0.2) is 32.6 Å². The van der Waals surface area contributed by atoms with Crippen molar-refractivity contribution in [1.82, 2.24) is 0 Å². The molecular weight excluding hydrogens is 144 g/mol. The van der Waals surface area contributed by atoms with E-state index in [1.165, 1.54) is 0 Å². The van der Waals surface area contributed by atoms with E-state index >= 15 is 0 Å². The molecule has 2 bridgehead atoms. The second kappa shape index (κ2) is 1.97. The molecule has 0 unspecified atom stereocenters. The van der Waals surface area contributed by atoms with Gasteiger partial charge in [-0.15, -0.1) is 0 Å². The van der Waals surface area contributed by atoms with Crippen LogP contribution in [0.15, 0.2) is 0 Å². The summed E-state index contributed by atoms with van der Waals surface area (Å²) in [5.41, 5.74) is -1.75. The first-order chi connectivity index (χ1) is 5.04. The van der Waals surface area contributed by atoms with Crippen LogP contribution in [-0.2, 0) is 0 Å². The number of hydrogen-bond donors (Lipinski definition) is 3. The average Bonchev–Trinajstić information content (AvgIpc) is 1.99. The molecule has 0 aromatic rings. The van der Waals surface area contributed by atoms with E-state index in [0.29, 0.717) is 19.3 Å². The molecule has 2 fully saturated rings. The van der Waals surface area contributed by atoms with E-state index in [4.69, 9.17) is 0 Å². The Morgan fingerprint density at radius 2 is 1.91 bits per heavy atom. The first kappa shape index (κ1) is 7.53. The van der Waals surface area contributed by atoms with Gasteiger partial charge in [0.05, 0.1) is 17.3 Å². The molecule has 64 valence electrons. The van der Waals surface area contributed by atoms with E-state index in [0.717, 1.165) is 12.8 Å². The van der Waals surface area contributed by atoms with Crippen LogP contribution >= 0.6 is 0 Å². The lowest BCUT2D eigenvalue weighted by Gasteiger charge is -2.32. The Morgan fingerprint density at radius 3 is 2.45 bits per heavy atom. The van der Waals surface area contributed by atoms with Gasteiger partial charge in [-0.1, -0.05) is 0 Å². The van der Waals surface area contributed by atoms with Gasteiger partial charge in [0.25, 0.3) is 0 Å². The number of aliphatic hydroxyl groups excluding tert-OH is 1. The minimum absolute atomic E-state index is 0.351. The molecule has 3 nitrogen and oxygen atoms in total. The van der Waals surface area contributed by atoms with Gasteiger partial charge in [-0.2, -0.15) is 0 Å². The lowest BCUT2D eigenvalue weighted by Crippen LogP contribution is -2.40. The molecule has 0 spiro atoms. The zero-order chi connectivity index (χ0) is 8.11. The summed E-state index contributed by atoms with van der Waals surface area (Å²) in [6.45, 7) is 0. The predicted octanol–water partition coefficient (Wildman–Crippen LogP) is -0.213. The molecule has 0 aliphatic heterocycles. The first-order valence-electron chi connectivity index (χ1n) is 4.17. The van der Waals surface area contributed by atoms with Gasteiger partial charge in [-0.05, 0) is 19.3 Å². The minimum atomic E-state index is -0.979. The number of hydrogen-bond acceptors (Lipinski definition) is 3. The second-order valence-corrected chi connectivity index (χ2v) is 4.08. The van der Waals surface area contributed by atoms with Crippen LogP contribution in [0, 0.1) is 0 Å². The molecular formula is C8H14O3. The third-order valence-corrected chi connectivity index (χ3v) is 3.08. The van der Waals surface area contributed by atoms with Gasteiger partial charge in [-0.3, -0.25) is 0 Å². The second-order valence-electron chi connectivity index (χ2n) is 4.08. The summed E-state index contributed by atoms with van der Waals surface area (Å²) in [5, 5.41) is 28.9. The highest BCUT2D eigenvalue weighted by Crippen LogP contribution is 2.47. The summed E-state index contributed by atoms with van der Waals surface area (Å²) in [6, 6.07) is 0. The first-order valence-corrected chi connectivity index (χ1v) is 4.17. The maximum absolute atomic E-state index is 9.75. The third-order valence-electron chi connectivity index (χ3n) is 3.08. The lowest BCUT2D eigenvalue weighted by atomic mass is 9.83. The van der Waals surface area contributed by atoms with Gasteiger partial charge < -0.3 is 15.3 Å². The van der Waals surface area contributed by atoms with Crippen molar-refractivity contribution in [3.63, 3.8) is 0 Å². The molecule has 0 saturated heterocycles. The summed E-state index contributed by atoms with van der Waals surface area (Å²) in [4.78, 5) is 0. The molecule has 0 aromatic heterocycles. The molecule has 3 N–H and O–H groups in total. The molecule has 0 radical (unpaired) electrons. The summed E-state index contributed by atoms with van der Waals surface area (Å²) in [7, 11) is 0. The van der Waals surface area contributed by atoms with Crippen molar-refractivity contribution in [3.8, 4) is 0 Å². The summed E-state index contributed by atoms with van der Waals surface area (Å²) in [5.74, 6) is 0. The van der Waals surface area contributed by atoms with E-state index in [-0.39, 0.29) is 0 Å². The van der Waals surface area contributed by atoms with Crippen LogP contribution < -0.4 is 0 Å². The summed E-state index contributed by atoms with van der Waals surface area (Å²) >= 11 is 0. The highest BCUT2D eigenvalue weighted by molar-refractivity contribution is 5.07. The van der Waals surface area contributed by atoms with Crippen LogP contribution in [0.4, 0.5) is 0 Å². The quantitative estimate of drug-likeness (QED) is 0.457. The van der Waals surface area contributed by atoms with Gasteiger partial charge in [-0.25, -0.2) is 0 Å². The van der Waals surface area contributed by atoms with Gasteiger partial charge in [0.1, 0.15) is 0 Å². The molecule has 3 heteroatoms. The van der Waals surface area contributed by atoms with Gasteiger partial charge >= 0.3 is 0 Å². The molecule has 2 aliphatic carbocycles. The fourth-order valence-corrected chi connectivity index (χ4v) is 2.48. The van der Waals surface area contributed by atoms with Crippen molar-refractivity contribution >= 4 is 0 Å². The fourth-order valence-electron chi connectivity index (χ4n) is 2.48. The Kier molecular flexibility index (Phi) is 1.35. The van der Waals surface area contributed by atoms with Gasteiger partial charge in [0, 0.05) is 12.8 Å². The highest BCUT2D eigenvalue weighted by atomic mass is 16.4. The van der Waals surface area contributed by atoms with Crippen molar-refractivity contribution in [3.05, 3.63) is 0 Å². The molecule has 2 rings (SSSR count). The van der Waals surface area contributed by atoms with Crippen molar-refractivity contribution in [2.45, 2.75) is 49.4 Å². The third kappa shape index (κ3) is 0.991. The Morgan fingerprint density at radius 1 is 1.18 bits per heavy atom. The topological polar surface area (TPSA) is 60.7 Å². The lowest BCUT2D eigenvalue weighted by molar-refractivity contribution is -0.0791. The predicted molar refractivity (Wildman–Crippen MR) is 39.0 cm³/mol. The van der Waals surface area contributed by atoms with Crippen LogP contribution in [0.25, 0.3) is 0 Å². The normalized spacial score (nSPS) is 56.5. The van der Waals surface area contributed by atoms with Crippen LogP contribution in [0.3, 0.4) is 0 Å². The maximum Gasteiger partial charge on any atom is 0.0933 e. The molecule has 2 aliphatic rings. The van der Waals surface area contributed by atoms with Crippen molar-refractivity contribution < 1.29 is 15.3 Å². The maximum atomic E-state index is 9.75. The number of fused-ring (bicyclic) bond motifs is 2. The van der Waals surface area contributed by atoms with E-state index < -0.39 is 17.3 Å².